The Hall–Kier alpha value is -3.91. The van der Waals surface area contributed by atoms with Gasteiger partial charge in [-0.15, -0.1) is 0 Å². The first-order chi connectivity index (χ1) is 20.4. The molecule has 0 radical (unpaired) electrons. The van der Waals surface area contributed by atoms with Crippen LogP contribution in [0.1, 0.15) is 55.8 Å². The van der Waals surface area contributed by atoms with E-state index in [2.05, 4.69) is 40.3 Å². The number of carbonyl (C=O) groups excluding carboxylic acids is 2. The van der Waals surface area contributed by atoms with Crippen LogP contribution in [0.5, 0.6) is 0 Å². The van der Waals surface area contributed by atoms with E-state index in [0.29, 0.717) is 28.8 Å². The maximum atomic E-state index is 12.3. The Labute approximate surface area is 268 Å². The van der Waals surface area contributed by atoms with Gasteiger partial charge in [-0.25, -0.2) is 4.99 Å². The Morgan fingerprint density at radius 3 is 1.50 bits per heavy atom. The third kappa shape index (κ3) is 12.3. The zero-order valence-corrected chi connectivity index (χ0v) is 26.1. The van der Waals surface area contributed by atoms with Crippen LogP contribution >= 0.6 is 48.9 Å². The predicted molar refractivity (Wildman–Crippen MR) is 188 cm³/mol. The van der Waals surface area contributed by atoms with Crippen molar-refractivity contribution in [3.8, 4) is 0 Å². The van der Waals surface area contributed by atoms with E-state index in [1.165, 1.54) is 5.56 Å². The molecule has 0 aliphatic carbocycles. The monoisotopic (exact) mass is 626 g/mol. The number of aliphatic imine (C=N–C) groups is 1. The third-order valence-corrected chi connectivity index (χ3v) is 6.50. The highest BCUT2D eigenvalue weighted by atomic mass is 32.1. The van der Waals surface area contributed by atoms with Crippen LogP contribution in [0.15, 0.2) is 114 Å². The van der Waals surface area contributed by atoms with Gasteiger partial charge in [0.2, 0.25) is 0 Å². The van der Waals surface area contributed by atoms with Gasteiger partial charge in [-0.2, -0.15) is 0 Å². The van der Waals surface area contributed by atoms with E-state index in [4.69, 9.17) is 24.4 Å². The SMILES string of the molecule is NC=S.O=C(c1ccccc1)c1ccc(CCC(=S)CC=S)cc1.O=C(c1ccccc1)c1ccc(CN=C=S)cc1. The summed E-state index contributed by atoms with van der Waals surface area (Å²) < 4.78 is 0. The molecule has 0 saturated heterocycles. The number of hydrogen-bond acceptors (Lipinski definition) is 7. The van der Waals surface area contributed by atoms with Crippen LogP contribution in [-0.4, -0.2) is 32.5 Å². The number of rotatable bonds is 11. The smallest absolute Gasteiger partial charge is 0.193 e. The van der Waals surface area contributed by atoms with Crippen molar-refractivity contribution in [2.75, 3.05) is 0 Å². The minimum atomic E-state index is 0.0282. The molecule has 4 aromatic carbocycles. The van der Waals surface area contributed by atoms with Crippen LogP contribution in [0.3, 0.4) is 0 Å². The zero-order valence-electron chi connectivity index (χ0n) is 22.8. The second-order valence-electron chi connectivity index (χ2n) is 8.74. The first-order valence-electron chi connectivity index (χ1n) is 12.9. The average molecular weight is 627 g/mol. The molecule has 0 bridgehead atoms. The lowest BCUT2D eigenvalue weighted by molar-refractivity contribution is 0.103. The van der Waals surface area contributed by atoms with E-state index in [9.17, 15) is 9.59 Å². The normalized spacial score (nSPS) is 9.43. The molecule has 0 saturated carbocycles. The summed E-state index contributed by atoms with van der Waals surface area (Å²) in [4.78, 5) is 29.2. The predicted octanol–water partition coefficient (Wildman–Crippen LogP) is 8.03. The summed E-state index contributed by atoms with van der Waals surface area (Å²) in [5.41, 5.74) is 10.6. The number of nitrogens with zero attached hydrogens (tertiary/aromatic N) is 1. The summed E-state index contributed by atoms with van der Waals surface area (Å²) in [7, 11) is 0. The lowest BCUT2D eigenvalue weighted by atomic mass is 10.0. The van der Waals surface area contributed by atoms with Gasteiger partial charge >= 0.3 is 0 Å². The maximum Gasteiger partial charge on any atom is 0.193 e. The Morgan fingerprint density at radius 2 is 1.10 bits per heavy atom. The summed E-state index contributed by atoms with van der Waals surface area (Å²) in [5, 5.41) is 3.99. The van der Waals surface area contributed by atoms with Gasteiger partial charge in [0.25, 0.3) is 0 Å². The van der Waals surface area contributed by atoms with Crippen LogP contribution in [0, 0.1) is 0 Å². The molecule has 4 nitrogen and oxygen atoms in total. The molecule has 0 aliphatic heterocycles. The first kappa shape index (κ1) is 34.3. The number of thiocarbonyl (C=S) groups is 4. The highest BCUT2D eigenvalue weighted by Crippen LogP contribution is 2.13. The molecular formula is C34H30N2O2S4. The summed E-state index contributed by atoms with van der Waals surface area (Å²) >= 11 is 18.6. The number of aryl methyl sites for hydroxylation is 1. The molecule has 0 heterocycles. The molecule has 0 spiro atoms. The zero-order chi connectivity index (χ0) is 30.6. The van der Waals surface area contributed by atoms with Crippen molar-refractivity contribution >= 4 is 81.3 Å². The number of ketones is 2. The molecule has 2 N–H and O–H groups in total. The van der Waals surface area contributed by atoms with E-state index in [1.54, 1.807) is 5.37 Å². The fraction of sp³-hybridized carbons (Fsp3) is 0.118. The van der Waals surface area contributed by atoms with Crippen LogP contribution in [0.4, 0.5) is 0 Å². The number of carbonyl (C=O) groups is 2. The molecular weight excluding hydrogens is 597 g/mol. The number of nitrogens with two attached hydrogens (primary N) is 1. The number of hydrogen-bond donors (Lipinski definition) is 1. The van der Waals surface area contributed by atoms with E-state index in [-0.39, 0.29) is 11.6 Å². The summed E-state index contributed by atoms with van der Waals surface area (Å²) in [6, 6.07) is 33.7. The van der Waals surface area contributed by atoms with Crippen LogP contribution < -0.4 is 5.73 Å². The topological polar surface area (TPSA) is 72.5 Å². The third-order valence-electron chi connectivity index (χ3n) is 5.83. The molecule has 0 unspecified atom stereocenters. The van der Waals surface area contributed by atoms with Crippen molar-refractivity contribution < 1.29 is 9.59 Å². The van der Waals surface area contributed by atoms with Crippen molar-refractivity contribution in [1.82, 2.24) is 0 Å². The van der Waals surface area contributed by atoms with Crippen LogP contribution in [0.25, 0.3) is 0 Å². The summed E-state index contributed by atoms with van der Waals surface area (Å²) in [6.45, 7) is 0.503. The summed E-state index contributed by atoms with van der Waals surface area (Å²) in [6.07, 6.45) is 2.46. The molecule has 4 rings (SSSR count). The quantitative estimate of drug-likeness (QED) is 0.103. The minimum Gasteiger partial charge on any atom is -0.396 e. The van der Waals surface area contributed by atoms with Crippen molar-refractivity contribution in [3.63, 3.8) is 0 Å². The molecule has 42 heavy (non-hydrogen) atoms. The molecule has 0 aromatic heterocycles. The lowest BCUT2D eigenvalue weighted by Gasteiger charge is -2.04. The second kappa shape index (κ2) is 20.0. The van der Waals surface area contributed by atoms with Crippen molar-refractivity contribution in [3.05, 3.63) is 143 Å². The minimum absolute atomic E-state index is 0.0282. The average Bonchev–Trinajstić information content (AvgIpc) is 3.04. The first-order valence-corrected chi connectivity index (χ1v) is 14.7. The van der Waals surface area contributed by atoms with Gasteiger partial charge in [-0.05, 0) is 46.4 Å². The van der Waals surface area contributed by atoms with E-state index < -0.39 is 0 Å². The maximum absolute atomic E-state index is 12.3. The van der Waals surface area contributed by atoms with Crippen molar-refractivity contribution in [1.29, 1.82) is 0 Å². The second-order valence-corrected chi connectivity index (χ2v) is 10.1. The van der Waals surface area contributed by atoms with Crippen LogP contribution in [-0.2, 0) is 13.0 Å². The molecule has 8 heteroatoms. The largest absolute Gasteiger partial charge is 0.396 e. The molecule has 0 aliphatic rings. The molecule has 212 valence electrons. The highest BCUT2D eigenvalue weighted by Gasteiger charge is 2.09. The van der Waals surface area contributed by atoms with Gasteiger partial charge in [-0.3, -0.25) is 9.59 Å². The molecule has 4 aromatic rings. The standard InChI is InChI=1S/C18H16OS2.C15H11NOS.CH3NS/c19-18(15-4-2-1-3-5-15)16-9-6-14(7-10-16)8-11-17(21)12-13-20;17-15(13-4-2-1-3-5-13)14-8-6-12(7-9-14)10-16-11-18;2-1-3/h1-7,9-10,13H,8,11-12H2;1-9H,10H2;1H,(H2,2,3). The van der Waals surface area contributed by atoms with Gasteiger partial charge in [0, 0.05) is 28.7 Å². The van der Waals surface area contributed by atoms with E-state index in [1.807, 2.05) is 109 Å². The lowest BCUT2D eigenvalue weighted by Crippen LogP contribution is -2.02. The Morgan fingerprint density at radius 1 is 0.690 bits per heavy atom. The van der Waals surface area contributed by atoms with Gasteiger partial charge < -0.3 is 5.73 Å². The van der Waals surface area contributed by atoms with Gasteiger partial charge in [0.15, 0.2) is 11.6 Å². The van der Waals surface area contributed by atoms with Crippen molar-refractivity contribution in [2.24, 2.45) is 10.7 Å². The number of isothiocyanates is 1. The summed E-state index contributed by atoms with van der Waals surface area (Å²) in [5.74, 6) is 0.0823. The molecule has 0 atom stereocenters. The van der Waals surface area contributed by atoms with Crippen LogP contribution in [0.2, 0.25) is 0 Å². The van der Waals surface area contributed by atoms with E-state index >= 15 is 0 Å². The fourth-order valence-corrected chi connectivity index (χ4v) is 4.26. The highest BCUT2D eigenvalue weighted by molar-refractivity contribution is 7.81. The molecule has 0 fully saturated rings. The molecule has 0 amide bonds. The Balaban J connectivity index is 0.000000271. The van der Waals surface area contributed by atoms with Gasteiger partial charge in [0.05, 0.1) is 17.2 Å². The number of benzene rings is 4. The van der Waals surface area contributed by atoms with Gasteiger partial charge in [-0.1, -0.05) is 146 Å². The Kier molecular flexibility index (Phi) is 16.4. The van der Waals surface area contributed by atoms with Crippen molar-refractivity contribution in [2.45, 2.75) is 25.8 Å². The Bertz CT molecular complexity index is 1500. The van der Waals surface area contributed by atoms with E-state index in [0.717, 1.165) is 35.2 Å². The fourth-order valence-electron chi connectivity index (χ4n) is 3.70. The van der Waals surface area contributed by atoms with Gasteiger partial charge in [0.1, 0.15) is 0 Å².